The van der Waals surface area contributed by atoms with Gasteiger partial charge in [-0.25, -0.2) is 0 Å². The summed E-state index contributed by atoms with van der Waals surface area (Å²) in [6.45, 7) is 7.42. The summed E-state index contributed by atoms with van der Waals surface area (Å²) < 4.78 is 12.6. The number of rotatable bonds is 14. The lowest BCUT2D eigenvalue weighted by Crippen LogP contribution is -2.49. The summed E-state index contributed by atoms with van der Waals surface area (Å²) in [6.07, 6.45) is 6.18. The van der Waals surface area contributed by atoms with Crippen molar-refractivity contribution in [2.75, 3.05) is 13.1 Å². The van der Waals surface area contributed by atoms with Crippen LogP contribution in [0.15, 0.2) is 60.7 Å². The molecule has 4 nitrogen and oxygen atoms in total. The highest BCUT2D eigenvalue weighted by molar-refractivity contribution is 5.14. The van der Waals surface area contributed by atoms with E-state index in [9.17, 15) is 5.11 Å². The molecule has 0 aromatic heterocycles. The molecule has 0 bridgehead atoms. The van der Waals surface area contributed by atoms with Crippen LogP contribution in [0.3, 0.4) is 0 Å². The Labute approximate surface area is 194 Å². The number of hydrogen-bond acceptors (Lipinski definition) is 4. The molecule has 4 atom stereocenters. The van der Waals surface area contributed by atoms with Crippen LogP contribution in [0.2, 0.25) is 0 Å². The molecule has 0 unspecified atom stereocenters. The second kappa shape index (κ2) is 13.7. The minimum absolute atomic E-state index is 0.0318. The molecule has 176 valence electrons. The summed E-state index contributed by atoms with van der Waals surface area (Å²) in [4.78, 5) is 2.41. The van der Waals surface area contributed by atoms with E-state index in [0.29, 0.717) is 13.2 Å². The normalized spacial score (nSPS) is 23.1. The van der Waals surface area contributed by atoms with Gasteiger partial charge in [0.25, 0.3) is 0 Å². The average molecular weight is 440 g/mol. The summed E-state index contributed by atoms with van der Waals surface area (Å²) in [5.41, 5.74) is 2.30. The topological polar surface area (TPSA) is 41.9 Å². The Morgan fingerprint density at radius 3 is 1.91 bits per heavy atom. The molecule has 2 aromatic carbocycles. The molecule has 0 heterocycles. The SMILES string of the molecule is CCCCCCCN(CC)[C@@H]1[C@@H](O)[C@@H](OCc2ccccc2)C[C@H]1OCc1ccccc1. The minimum atomic E-state index is -0.546. The van der Waals surface area contributed by atoms with Gasteiger partial charge >= 0.3 is 0 Å². The maximum atomic E-state index is 11.3. The van der Waals surface area contributed by atoms with E-state index in [0.717, 1.165) is 37.1 Å². The second-order valence-electron chi connectivity index (χ2n) is 8.93. The van der Waals surface area contributed by atoms with Gasteiger partial charge in [0.1, 0.15) is 0 Å². The third-order valence-corrected chi connectivity index (χ3v) is 6.57. The Morgan fingerprint density at radius 2 is 1.34 bits per heavy atom. The fourth-order valence-corrected chi connectivity index (χ4v) is 4.72. The quantitative estimate of drug-likeness (QED) is 0.390. The number of likely N-dealkylation sites (N-methyl/N-ethyl adjacent to an activating group) is 1. The van der Waals surface area contributed by atoms with Crippen molar-refractivity contribution in [1.29, 1.82) is 0 Å². The van der Waals surface area contributed by atoms with Crippen molar-refractivity contribution < 1.29 is 14.6 Å². The van der Waals surface area contributed by atoms with Gasteiger partial charge in [-0.1, -0.05) is 100 Å². The average Bonchev–Trinajstić information content (AvgIpc) is 3.15. The van der Waals surface area contributed by atoms with Crippen molar-refractivity contribution in [2.24, 2.45) is 0 Å². The largest absolute Gasteiger partial charge is 0.389 e. The van der Waals surface area contributed by atoms with Gasteiger partial charge in [-0.3, -0.25) is 4.90 Å². The van der Waals surface area contributed by atoms with E-state index in [1.165, 1.54) is 25.7 Å². The van der Waals surface area contributed by atoms with Crippen LogP contribution in [0.5, 0.6) is 0 Å². The van der Waals surface area contributed by atoms with Crippen molar-refractivity contribution in [1.82, 2.24) is 4.90 Å². The molecule has 1 aliphatic carbocycles. The van der Waals surface area contributed by atoms with E-state index >= 15 is 0 Å². The lowest BCUT2D eigenvalue weighted by molar-refractivity contribution is -0.0576. The number of nitrogens with zero attached hydrogens (tertiary/aromatic N) is 1. The van der Waals surface area contributed by atoms with Crippen LogP contribution in [-0.2, 0) is 22.7 Å². The zero-order chi connectivity index (χ0) is 22.6. The van der Waals surface area contributed by atoms with Crippen LogP contribution in [0.4, 0.5) is 0 Å². The molecule has 32 heavy (non-hydrogen) atoms. The molecular formula is C28H41NO3. The predicted octanol–water partition coefficient (Wildman–Crippen LogP) is 5.58. The van der Waals surface area contributed by atoms with E-state index in [4.69, 9.17) is 9.47 Å². The zero-order valence-electron chi connectivity index (χ0n) is 19.9. The minimum Gasteiger partial charge on any atom is -0.389 e. The molecule has 1 saturated carbocycles. The van der Waals surface area contributed by atoms with E-state index in [1.54, 1.807) is 0 Å². The van der Waals surface area contributed by atoms with E-state index in [-0.39, 0.29) is 18.2 Å². The smallest absolute Gasteiger partial charge is 0.0982 e. The van der Waals surface area contributed by atoms with Gasteiger partial charge in [-0.15, -0.1) is 0 Å². The maximum Gasteiger partial charge on any atom is 0.0982 e. The highest BCUT2D eigenvalue weighted by Gasteiger charge is 2.46. The molecule has 2 aromatic rings. The van der Waals surface area contributed by atoms with Crippen LogP contribution in [0.1, 0.15) is 63.5 Å². The Bertz CT molecular complexity index is 739. The van der Waals surface area contributed by atoms with E-state index in [1.807, 2.05) is 36.4 Å². The Morgan fingerprint density at radius 1 is 0.781 bits per heavy atom. The number of aliphatic hydroxyl groups is 1. The monoisotopic (exact) mass is 439 g/mol. The van der Waals surface area contributed by atoms with Gasteiger partial charge in [-0.05, 0) is 30.6 Å². The Hall–Kier alpha value is -1.72. The molecular weight excluding hydrogens is 398 g/mol. The lowest BCUT2D eigenvalue weighted by atomic mass is 10.1. The molecule has 1 fully saturated rings. The van der Waals surface area contributed by atoms with Gasteiger partial charge in [0.15, 0.2) is 0 Å². The van der Waals surface area contributed by atoms with Gasteiger partial charge in [0, 0.05) is 6.42 Å². The van der Waals surface area contributed by atoms with E-state index in [2.05, 4.69) is 43.0 Å². The number of aliphatic hydroxyl groups excluding tert-OH is 1. The van der Waals surface area contributed by atoms with Crippen molar-refractivity contribution in [3.8, 4) is 0 Å². The summed E-state index contributed by atoms with van der Waals surface area (Å²) in [5.74, 6) is 0. The predicted molar refractivity (Wildman–Crippen MR) is 130 cm³/mol. The lowest BCUT2D eigenvalue weighted by Gasteiger charge is -2.34. The Kier molecular flexibility index (Phi) is 10.7. The Balaban J connectivity index is 1.63. The first-order valence-electron chi connectivity index (χ1n) is 12.5. The molecule has 1 aliphatic rings. The highest BCUT2D eigenvalue weighted by Crippen LogP contribution is 2.31. The van der Waals surface area contributed by atoms with Crippen LogP contribution in [-0.4, -0.2) is 47.4 Å². The third-order valence-electron chi connectivity index (χ3n) is 6.57. The van der Waals surface area contributed by atoms with Gasteiger partial charge in [-0.2, -0.15) is 0 Å². The van der Waals surface area contributed by atoms with Crippen molar-refractivity contribution in [2.45, 2.75) is 89.9 Å². The first kappa shape index (κ1) is 24.9. The number of benzene rings is 2. The zero-order valence-corrected chi connectivity index (χ0v) is 19.9. The molecule has 0 spiro atoms. The summed E-state index contributed by atoms with van der Waals surface area (Å²) >= 11 is 0. The van der Waals surface area contributed by atoms with Gasteiger partial charge < -0.3 is 14.6 Å². The molecule has 4 heteroatoms. The highest BCUT2D eigenvalue weighted by atomic mass is 16.5. The molecule has 1 N–H and O–H groups in total. The molecule has 0 saturated heterocycles. The van der Waals surface area contributed by atoms with Crippen molar-refractivity contribution in [3.63, 3.8) is 0 Å². The van der Waals surface area contributed by atoms with Crippen molar-refractivity contribution >= 4 is 0 Å². The number of hydrogen-bond donors (Lipinski definition) is 1. The van der Waals surface area contributed by atoms with Gasteiger partial charge in [0.2, 0.25) is 0 Å². The molecule has 3 rings (SSSR count). The van der Waals surface area contributed by atoms with Gasteiger partial charge in [0.05, 0.1) is 37.6 Å². The first-order valence-corrected chi connectivity index (χ1v) is 12.5. The number of unbranched alkanes of at least 4 members (excludes halogenated alkanes) is 4. The second-order valence-corrected chi connectivity index (χ2v) is 8.93. The van der Waals surface area contributed by atoms with Crippen molar-refractivity contribution in [3.05, 3.63) is 71.8 Å². The molecule has 0 amide bonds. The standard InChI is InChI=1S/C28H41NO3/c1-3-5-6-7-14-19-29(4-2)27-25(31-21-23-15-10-8-11-16-23)20-26(28(27)30)32-22-24-17-12-9-13-18-24/h8-13,15-18,25-28,30H,3-7,14,19-22H2,1-2H3/t25-,26+,27+,28+/m1/s1. The number of ether oxygens (including phenoxy) is 2. The summed E-state index contributed by atoms with van der Waals surface area (Å²) in [6, 6.07) is 20.5. The fourth-order valence-electron chi connectivity index (χ4n) is 4.72. The summed E-state index contributed by atoms with van der Waals surface area (Å²) in [7, 11) is 0. The van der Waals surface area contributed by atoms with Crippen LogP contribution >= 0.6 is 0 Å². The maximum absolute atomic E-state index is 11.3. The van der Waals surface area contributed by atoms with Crippen LogP contribution in [0, 0.1) is 0 Å². The van der Waals surface area contributed by atoms with Crippen LogP contribution < -0.4 is 0 Å². The fraction of sp³-hybridized carbons (Fsp3) is 0.571. The summed E-state index contributed by atoms with van der Waals surface area (Å²) in [5, 5.41) is 11.3. The molecule has 0 radical (unpaired) electrons. The van der Waals surface area contributed by atoms with E-state index < -0.39 is 6.10 Å². The van der Waals surface area contributed by atoms with Crippen LogP contribution in [0.25, 0.3) is 0 Å². The first-order chi connectivity index (χ1) is 15.7. The third kappa shape index (κ3) is 7.41. The molecule has 0 aliphatic heterocycles.